The summed E-state index contributed by atoms with van der Waals surface area (Å²) in [5, 5.41) is 8.83. The average Bonchev–Trinajstić information content (AvgIpc) is 2.83. The monoisotopic (exact) mass is 450 g/mol. The third-order valence-corrected chi connectivity index (χ3v) is 6.04. The van der Waals surface area contributed by atoms with Crippen LogP contribution < -0.4 is 5.73 Å². The first kappa shape index (κ1) is 30.4. The number of Topliss-reactive ketones (excluding diaryl/α,β-unsaturated/α-hetero) is 1. The molecule has 2 aromatic carbocycles. The Morgan fingerprint density at radius 2 is 1.55 bits per heavy atom. The van der Waals surface area contributed by atoms with Gasteiger partial charge in [0.1, 0.15) is 0 Å². The summed E-state index contributed by atoms with van der Waals surface area (Å²) >= 11 is 0. The molecule has 0 saturated heterocycles. The van der Waals surface area contributed by atoms with Crippen molar-refractivity contribution < 1.29 is 4.79 Å². The lowest BCUT2D eigenvalue weighted by Gasteiger charge is -2.18. The number of benzene rings is 2. The van der Waals surface area contributed by atoms with Gasteiger partial charge >= 0.3 is 0 Å². The second-order valence-electron chi connectivity index (χ2n) is 8.94. The Balaban J connectivity index is 0.000000577. The fraction of sp³-hybridized carbons (Fsp3) is 0.533. The zero-order valence-electron chi connectivity index (χ0n) is 22.1. The van der Waals surface area contributed by atoms with Gasteiger partial charge in [0.05, 0.1) is 11.6 Å². The second-order valence-corrected chi connectivity index (χ2v) is 8.94. The van der Waals surface area contributed by atoms with Crippen molar-refractivity contribution in [3.05, 3.63) is 64.7 Å². The SMILES string of the molecule is CC(=O)c1ccc(C)c(N)c1.CCCC.CCCC(CCC(C)CC)c1ccc(C#N)cc1. The van der Waals surface area contributed by atoms with Gasteiger partial charge in [-0.3, -0.25) is 4.79 Å². The van der Waals surface area contributed by atoms with Gasteiger partial charge in [0.25, 0.3) is 0 Å². The molecule has 3 heteroatoms. The summed E-state index contributed by atoms with van der Waals surface area (Å²) in [5.41, 5.74) is 10.1. The fourth-order valence-corrected chi connectivity index (χ4v) is 3.21. The quantitative estimate of drug-likeness (QED) is 0.306. The molecule has 0 fully saturated rings. The molecular weight excluding hydrogens is 404 g/mol. The average molecular weight is 451 g/mol. The van der Waals surface area contributed by atoms with Crippen LogP contribution in [0.1, 0.15) is 119 Å². The molecule has 0 radical (unpaired) electrons. The molecule has 0 aromatic heterocycles. The van der Waals surface area contributed by atoms with E-state index in [-0.39, 0.29) is 5.78 Å². The van der Waals surface area contributed by atoms with Gasteiger partial charge < -0.3 is 5.73 Å². The highest BCUT2D eigenvalue weighted by atomic mass is 16.1. The van der Waals surface area contributed by atoms with Gasteiger partial charge in [0, 0.05) is 11.3 Å². The van der Waals surface area contributed by atoms with Crippen LogP contribution >= 0.6 is 0 Å². The highest BCUT2D eigenvalue weighted by Gasteiger charge is 2.12. The van der Waals surface area contributed by atoms with Crippen LogP contribution in [0.15, 0.2) is 42.5 Å². The topological polar surface area (TPSA) is 66.9 Å². The second kappa shape index (κ2) is 17.9. The maximum Gasteiger partial charge on any atom is 0.159 e. The Labute approximate surface area is 203 Å². The van der Waals surface area contributed by atoms with Gasteiger partial charge in [-0.1, -0.05) is 91.0 Å². The van der Waals surface area contributed by atoms with E-state index in [0.29, 0.717) is 17.2 Å². The number of nitrogens with two attached hydrogens (primary N) is 1. The van der Waals surface area contributed by atoms with Crippen molar-refractivity contribution in [2.75, 3.05) is 5.73 Å². The molecule has 0 bridgehead atoms. The minimum Gasteiger partial charge on any atom is -0.398 e. The van der Waals surface area contributed by atoms with E-state index in [4.69, 9.17) is 11.0 Å². The minimum absolute atomic E-state index is 0.0525. The summed E-state index contributed by atoms with van der Waals surface area (Å²) in [6, 6.07) is 15.7. The predicted molar refractivity (Wildman–Crippen MR) is 144 cm³/mol. The van der Waals surface area contributed by atoms with Crippen molar-refractivity contribution in [3.8, 4) is 6.07 Å². The summed E-state index contributed by atoms with van der Waals surface area (Å²) in [4.78, 5) is 10.9. The van der Waals surface area contributed by atoms with Crippen LogP contribution in [0.3, 0.4) is 0 Å². The van der Waals surface area contributed by atoms with Gasteiger partial charge in [-0.2, -0.15) is 5.26 Å². The Morgan fingerprint density at radius 3 is 1.97 bits per heavy atom. The number of aryl methyl sites for hydroxylation is 1. The van der Waals surface area contributed by atoms with Crippen LogP contribution in [-0.4, -0.2) is 5.78 Å². The Kier molecular flexibility index (Phi) is 16.5. The molecule has 2 rings (SSSR count). The zero-order chi connectivity index (χ0) is 25.2. The van der Waals surface area contributed by atoms with E-state index in [1.54, 1.807) is 12.1 Å². The van der Waals surface area contributed by atoms with E-state index in [0.717, 1.165) is 17.0 Å². The number of carbonyl (C=O) groups excluding carboxylic acids is 1. The van der Waals surface area contributed by atoms with Crippen molar-refractivity contribution >= 4 is 11.5 Å². The predicted octanol–water partition coefficient (Wildman–Crippen LogP) is 8.85. The van der Waals surface area contributed by atoms with Crippen LogP contribution in [0.2, 0.25) is 0 Å². The van der Waals surface area contributed by atoms with Gasteiger partial charge in [0.15, 0.2) is 5.78 Å². The largest absolute Gasteiger partial charge is 0.398 e. The van der Waals surface area contributed by atoms with Gasteiger partial charge in [-0.05, 0) is 67.9 Å². The highest BCUT2D eigenvalue weighted by molar-refractivity contribution is 5.95. The fourth-order valence-electron chi connectivity index (χ4n) is 3.21. The third kappa shape index (κ3) is 12.9. The number of nitriles is 1. The molecule has 0 saturated carbocycles. The molecule has 0 aliphatic rings. The van der Waals surface area contributed by atoms with E-state index < -0.39 is 0 Å². The van der Waals surface area contributed by atoms with Gasteiger partial charge in [-0.15, -0.1) is 0 Å². The number of anilines is 1. The molecule has 0 spiro atoms. The van der Waals surface area contributed by atoms with Crippen LogP contribution in [0, 0.1) is 24.2 Å². The number of rotatable bonds is 9. The molecule has 33 heavy (non-hydrogen) atoms. The highest BCUT2D eigenvalue weighted by Crippen LogP contribution is 2.28. The summed E-state index contributed by atoms with van der Waals surface area (Å²) in [6.45, 7) is 14.7. The van der Waals surface area contributed by atoms with E-state index in [2.05, 4.69) is 52.8 Å². The lowest BCUT2D eigenvalue weighted by atomic mass is 9.87. The normalized spacial score (nSPS) is 11.7. The molecule has 2 aromatic rings. The van der Waals surface area contributed by atoms with Gasteiger partial charge in [-0.25, -0.2) is 0 Å². The zero-order valence-corrected chi connectivity index (χ0v) is 22.1. The molecule has 0 aliphatic heterocycles. The minimum atomic E-state index is 0.0525. The van der Waals surface area contributed by atoms with Crippen molar-refractivity contribution in [1.29, 1.82) is 5.26 Å². The number of unbranched alkanes of at least 4 members (excludes halogenated alkanes) is 1. The third-order valence-electron chi connectivity index (χ3n) is 6.04. The summed E-state index contributed by atoms with van der Waals surface area (Å²) < 4.78 is 0. The molecule has 0 amide bonds. The Morgan fingerprint density at radius 1 is 0.939 bits per heavy atom. The maximum absolute atomic E-state index is 10.9. The molecule has 2 atom stereocenters. The molecule has 0 aliphatic carbocycles. The maximum atomic E-state index is 10.9. The number of nitrogen functional groups attached to an aromatic ring is 1. The first-order valence-electron chi connectivity index (χ1n) is 12.6. The lowest BCUT2D eigenvalue weighted by Crippen LogP contribution is -2.02. The number of hydrogen-bond acceptors (Lipinski definition) is 3. The molecule has 0 heterocycles. The van der Waals surface area contributed by atoms with Crippen LogP contribution in [-0.2, 0) is 0 Å². The first-order valence-corrected chi connectivity index (χ1v) is 12.6. The van der Waals surface area contributed by atoms with Crippen molar-refractivity contribution in [1.82, 2.24) is 0 Å². The smallest absolute Gasteiger partial charge is 0.159 e. The lowest BCUT2D eigenvalue weighted by molar-refractivity contribution is 0.101. The summed E-state index contributed by atoms with van der Waals surface area (Å²) in [5.74, 6) is 1.54. The van der Waals surface area contributed by atoms with Crippen LogP contribution in [0.4, 0.5) is 5.69 Å². The van der Waals surface area contributed by atoms with Crippen molar-refractivity contribution in [3.63, 3.8) is 0 Å². The van der Waals surface area contributed by atoms with Crippen molar-refractivity contribution in [2.24, 2.45) is 5.92 Å². The number of nitrogens with zero attached hydrogens (tertiary/aromatic N) is 1. The number of ketones is 1. The summed E-state index contributed by atoms with van der Waals surface area (Å²) in [6.07, 6.45) is 8.97. The standard InChI is InChI=1S/C17H25N.C9H11NO.C4H10/c1-4-6-16(10-7-14(3)5-2)17-11-8-15(13-18)9-12-17;1-6-3-4-8(7(2)11)5-9(6)10;1-3-4-2/h8-9,11-12,14,16H,4-7,10H2,1-3H3;3-5H,10H2,1-2H3;3-4H2,1-2H3. The molecular formula is C30H46N2O. The van der Waals surface area contributed by atoms with Crippen LogP contribution in [0.25, 0.3) is 0 Å². The van der Waals surface area contributed by atoms with Crippen LogP contribution in [0.5, 0.6) is 0 Å². The molecule has 3 nitrogen and oxygen atoms in total. The molecule has 182 valence electrons. The number of hydrogen-bond donors (Lipinski definition) is 1. The van der Waals surface area contributed by atoms with E-state index in [1.807, 2.05) is 25.1 Å². The van der Waals surface area contributed by atoms with E-state index >= 15 is 0 Å². The van der Waals surface area contributed by atoms with Gasteiger partial charge in [0.2, 0.25) is 0 Å². The molecule has 2 unspecified atom stereocenters. The van der Waals surface area contributed by atoms with Crippen molar-refractivity contribution in [2.45, 2.75) is 99.3 Å². The number of carbonyl (C=O) groups is 1. The first-order chi connectivity index (χ1) is 15.7. The van der Waals surface area contributed by atoms with E-state index in [9.17, 15) is 4.79 Å². The Hall–Kier alpha value is -2.60. The van der Waals surface area contributed by atoms with E-state index in [1.165, 1.54) is 57.4 Å². The summed E-state index contributed by atoms with van der Waals surface area (Å²) in [7, 11) is 0. The Bertz CT molecular complexity index is 831. The molecule has 2 N–H and O–H groups in total.